The van der Waals surface area contributed by atoms with E-state index in [2.05, 4.69) is 20.6 Å². The number of ether oxygens (including phenoxy) is 2. The summed E-state index contributed by atoms with van der Waals surface area (Å²) < 4.78 is 49.4. The largest absolute Gasteiger partial charge is 0.497 e. The van der Waals surface area contributed by atoms with E-state index in [1.54, 1.807) is 7.05 Å². The zero-order valence-corrected chi connectivity index (χ0v) is 21.0. The van der Waals surface area contributed by atoms with Crippen molar-refractivity contribution < 1.29 is 37.0 Å². The summed E-state index contributed by atoms with van der Waals surface area (Å²) in [4.78, 5) is 49.4. The van der Waals surface area contributed by atoms with E-state index in [0.29, 0.717) is 5.56 Å². The molecule has 4 rings (SSSR count). The van der Waals surface area contributed by atoms with Crippen LogP contribution in [0, 0.1) is 0 Å². The van der Waals surface area contributed by atoms with Gasteiger partial charge in [0, 0.05) is 42.2 Å². The number of aromatic nitrogens is 2. The van der Waals surface area contributed by atoms with E-state index in [9.17, 15) is 27.6 Å². The van der Waals surface area contributed by atoms with Crippen molar-refractivity contribution in [3.05, 3.63) is 65.4 Å². The molecule has 204 valence electrons. The monoisotopic (exact) mass is 544 g/mol. The minimum atomic E-state index is -4.61. The Bertz CT molecular complexity index is 1430. The molecule has 1 aromatic heterocycles. The third kappa shape index (κ3) is 5.84. The Morgan fingerprint density at radius 2 is 1.90 bits per heavy atom. The van der Waals surface area contributed by atoms with E-state index in [-0.39, 0.29) is 41.0 Å². The van der Waals surface area contributed by atoms with Crippen LogP contribution in [-0.2, 0) is 22.3 Å². The average molecular weight is 544 g/mol. The minimum Gasteiger partial charge on any atom is -0.497 e. The number of carbonyl (C=O) groups excluding carboxylic acids is 3. The van der Waals surface area contributed by atoms with E-state index in [0.717, 1.165) is 23.1 Å². The van der Waals surface area contributed by atoms with Crippen molar-refractivity contribution in [1.29, 1.82) is 0 Å². The number of urea groups is 1. The molecule has 11 nitrogen and oxygen atoms in total. The predicted molar refractivity (Wildman–Crippen MR) is 135 cm³/mol. The molecule has 0 saturated carbocycles. The first-order chi connectivity index (χ1) is 18.5. The van der Waals surface area contributed by atoms with Crippen molar-refractivity contribution >= 4 is 41.0 Å². The smallest absolute Gasteiger partial charge is 0.416 e. The number of esters is 1. The maximum atomic E-state index is 13.6. The van der Waals surface area contributed by atoms with Gasteiger partial charge in [-0.3, -0.25) is 19.4 Å². The molecule has 0 radical (unpaired) electrons. The molecule has 1 aliphatic heterocycles. The SMILES string of the molecule is CNc1ncc2c(n1)N(CC(=O)OC)C(=O)N(c1cc(NC(=O)c3cccc(C(F)(F)F)c3)cc(OC)c1)C2. The van der Waals surface area contributed by atoms with Gasteiger partial charge in [0.05, 0.1) is 32.0 Å². The van der Waals surface area contributed by atoms with E-state index in [1.807, 2.05) is 0 Å². The maximum Gasteiger partial charge on any atom is 0.416 e. The first-order valence-electron chi connectivity index (χ1n) is 11.4. The Kier molecular flexibility index (Phi) is 7.56. The zero-order valence-electron chi connectivity index (χ0n) is 21.0. The number of amides is 3. The van der Waals surface area contributed by atoms with Crippen LogP contribution in [0.25, 0.3) is 0 Å². The Morgan fingerprint density at radius 1 is 1.13 bits per heavy atom. The van der Waals surface area contributed by atoms with Crippen LogP contribution in [0.4, 0.5) is 41.1 Å². The highest BCUT2D eigenvalue weighted by Gasteiger charge is 2.35. The highest BCUT2D eigenvalue weighted by atomic mass is 19.4. The van der Waals surface area contributed by atoms with Gasteiger partial charge in [-0.15, -0.1) is 0 Å². The normalized spacial score (nSPS) is 13.0. The highest BCUT2D eigenvalue weighted by molar-refractivity contribution is 6.09. The lowest BCUT2D eigenvalue weighted by atomic mass is 10.1. The van der Waals surface area contributed by atoms with Gasteiger partial charge in [0.15, 0.2) is 0 Å². The number of hydrogen-bond donors (Lipinski definition) is 2. The van der Waals surface area contributed by atoms with Crippen molar-refractivity contribution in [2.24, 2.45) is 0 Å². The van der Waals surface area contributed by atoms with Crippen molar-refractivity contribution in [3.63, 3.8) is 0 Å². The minimum absolute atomic E-state index is 0.0179. The van der Waals surface area contributed by atoms with Crippen LogP contribution in [0.1, 0.15) is 21.5 Å². The van der Waals surface area contributed by atoms with E-state index in [1.165, 1.54) is 49.6 Å². The molecule has 0 saturated heterocycles. The zero-order chi connectivity index (χ0) is 28.3. The molecule has 2 aromatic carbocycles. The summed E-state index contributed by atoms with van der Waals surface area (Å²) in [7, 11) is 4.17. The number of rotatable bonds is 7. The first-order valence-corrected chi connectivity index (χ1v) is 11.4. The van der Waals surface area contributed by atoms with Gasteiger partial charge in [0.2, 0.25) is 5.95 Å². The van der Waals surface area contributed by atoms with Crippen molar-refractivity contribution in [3.8, 4) is 5.75 Å². The Labute approximate surface area is 220 Å². The summed E-state index contributed by atoms with van der Waals surface area (Å²) in [5.74, 6) is -0.754. The lowest BCUT2D eigenvalue weighted by Gasteiger charge is -2.35. The molecule has 0 unspecified atom stereocenters. The van der Waals surface area contributed by atoms with E-state index < -0.39 is 36.2 Å². The standard InChI is InChI=1S/C25H23F3N6O5/c1-29-23-30-11-15-12-33(24(37)34(21(15)32-23)13-20(35)39-3)18-8-17(9-19(10-18)38-2)31-22(36)14-5-4-6-16(7-14)25(26,27)28/h4-11H,12-13H2,1-3H3,(H,31,36)(H,29,30,32). The molecular weight excluding hydrogens is 521 g/mol. The van der Waals surface area contributed by atoms with Gasteiger partial charge < -0.3 is 20.1 Å². The number of methoxy groups -OCH3 is 2. The summed E-state index contributed by atoms with van der Waals surface area (Å²) in [6.45, 7) is -0.411. The number of alkyl halides is 3. The van der Waals surface area contributed by atoms with Crippen molar-refractivity contribution in [2.45, 2.75) is 12.7 Å². The lowest BCUT2D eigenvalue weighted by molar-refractivity contribution is -0.139. The molecule has 14 heteroatoms. The van der Waals surface area contributed by atoms with Gasteiger partial charge in [0.1, 0.15) is 18.1 Å². The fourth-order valence-electron chi connectivity index (χ4n) is 3.84. The van der Waals surface area contributed by atoms with Gasteiger partial charge in [0.25, 0.3) is 5.91 Å². The average Bonchev–Trinajstić information content (AvgIpc) is 2.93. The highest BCUT2D eigenvalue weighted by Crippen LogP contribution is 2.35. The molecule has 0 fully saturated rings. The molecule has 2 N–H and O–H groups in total. The van der Waals surface area contributed by atoms with Gasteiger partial charge in [-0.05, 0) is 24.3 Å². The number of anilines is 4. The number of nitrogens with one attached hydrogen (secondary N) is 2. The molecule has 0 aliphatic carbocycles. The van der Waals surface area contributed by atoms with E-state index >= 15 is 0 Å². The second kappa shape index (κ2) is 10.8. The van der Waals surface area contributed by atoms with Crippen LogP contribution in [0.5, 0.6) is 5.75 Å². The summed E-state index contributed by atoms with van der Waals surface area (Å²) in [5, 5.41) is 5.33. The van der Waals surface area contributed by atoms with Crippen molar-refractivity contribution in [2.75, 3.05) is 48.2 Å². The molecule has 0 atom stereocenters. The van der Waals surface area contributed by atoms with Gasteiger partial charge in [-0.1, -0.05) is 6.07 Å². The van der Waals surface area contributed by atoms with Crippen LogP contribution in [-0.4, -0.2) is 55.7 Å². The van der Waals surface area contributed by atoms with Crippen LogP contribution in [0.2, 0.25) is 0 Å². The third-order valence-corrected chi connectivity index (χ3v) is 5.77. The second-order valence-corrected chi connectivity index (χ2v) is 8.28. The summed E-state index contributed by atoms with van der Waals surface area (Å²) in [5.41, 5.74) is -0.217. The number of hydrogen-bond acceptors (Lipinski definition) is 8. The molecule has 2 heterocycles. The predicted octanol–water partition coefficient (Wildman–Crippen LogP) is 3.92. The van der Waals surface area contributed by atoms with Crippen LogP contribution in [0.15, 0.2) is 48.7 Å². The summed E-state index contributed by atoms with van der Waals surface area (Å²) in [6, 6.07) is 7.81. The maximum absolute atomic E-state index is 13.6. The van der Waals surface area contributed by atoms with E-state index in [4.69, 9.17) is 9.47 Å². The number of benzene rings is 2. The van der Waals surface area contributed by atoms with Crippen LogP contribution < -0.4 is 25.2 Å². The fraction of sp³-hybridized carbons (Fsp3) is 0.240. The molecule has 0 bridgehead atoms. The number of halogens is 3. The van der Waals surface area contributed by atoms with Crippen LogP contribution >= 0.6 is 0 Å². The number of carbonyl (C=O) groups is 3. The number of nitrogens with zero attached hydrogens (tertiary/aromatic N) is 4. The molecule has 3 amide bonds. The summed E-state index contributed by atoms with van der Waals surface area (Å²) >= 11 is 0. The fourth-order valence-corrected chi connectivity index (χ4v) is 3.84. The van der Waals surface area contributed by atoms with Crippen LogP contribution in [0.3, 0.4) is 0 Å². The quantitative estimate of drug-likeness (QED) is 0.429. The van der Waals surface area contributed by atoms with Gasteiger partial charge >= 0.3 is 18.2 Å². The third-order valence-electron chi connectivity index (χ3n) is 5.77. The van der Waals surface area contributed by atoms with Gasteiger partial charge in [-0.2, -0.15) is 18.2 Å². The Morgan fingerprint density at radius 3 is 2.56 bits per heavy atom. The Hall–Kier alpha value is -4.88. The first kappa shape index (κ1) is 27.2. The second-order valence-electron chi connectivity index (χ2n) is 8.28. The molecule has 1 aliphatic rings. The summed E-state index contributed by atoms with van der Waals surface area (Å²) in [6.07, 6.45) is -3.10. The Balaban J connectivity index is 1.69. The van der Waals surface area contributed by atoms with Gasteiger partial charge in [-0.25, -0.2) is 9.78 Å². The molecule has 3 aromatic rings. The lowest BCUT2D eigenvalue weighted by Crippen LogP contribution is -2.50. The molecule has 39 heavy (non-hydrogen) atoms. The molecule has 0 spiro atoms. The van der Waals surface area contributed by atoms with Crippen molar-refractivity contribution in [1.82, 2.24) is 9.97 Å². The topological polar surface area (TPSA) is 126 Å². The number of fused-ring (bicyclic) bond motifs is 1. The molecular formula is C25H23F3N6O5.